The van der Waals surface area contributed by atoms with E-state index >= 15 is 0 Å². The molecule has 3 nitrogen and oxygen atoms in total. The summed E-state index contributed by atoms with van der Waals surface area (Å²) in [4.78, 5) is 13.0. The van der Waals surface area contributed by atoms with Crippen LogP contribution in [0.5, 0.6) is 5.75 Å². The number of benzene rings is 3. The van der Waals surface area contributed by atoms with E-state index in [-0.39, 0.29) is 11.2 Å². The Morgan fingerprint density at radius 1 is 1.00 bits per heavy atom. The predicted molar refractivity (Wildman–Crippen MR) is 111 cm³/mol. The van der Waals surface area contributed by atoms with Crippen LogP contribution in [0.2, 0.25) is 0 Å². The highest BCUT2D eigenvalue weighted by Gasteiger charge is 2.14. The largest absolute Gasteiger partial charge is 0.489 e. The average molecular weight is 439 g/mol. The van der Waals surface area contributed by atoms with E-state index in [4.69, 9.17) is 9.15 Å². The number of halogens is 2. The maximum Gasteiger partial charge on any atom is 0.200 e. The molecule has 0 radical (unpaired) electrons. The molecule has 0 aliphatic carbocycles. The third-order valence-electron chi connectivity index (χ3n) is 4.49. The van der Waals surface area contributed by atoms with Gasteiger partial charge in [0, 0.05) is 10.5 Å². The molecule has 140 valence electrons. The molecule has 0 amide bonds. The van der Waals surface area contributed by atoms with Crippen LogP contribution >= 0.6 is 15.9 Å². The molecule has 0 aliphatic rings. The molecule has 0 saturated heterocycles. The van der Waals surface area contributed by atoms with Gasteiger partial charge in [0.15, 0.2) is 0 Å². The van der Waals surface area contributed by atoms with Gasteiger partial charge in [-0.3, -0.25) is 4.79 Å². The molecule has 0 fully saturated rings. The van der Waals surface area contributed by atoms with E-state index in [2.05, 4.69) is 15.9 Å². The zero-order valence-electron chi connectivity index (χ0n) is 15.0. The van der Waals surface area contributed by atoms with E-state index in [0.717, 1.165) is 15.6 Å². The molecule has 1 heterocycles. The molecular formula is C23H16BrFO3. The molecule has 28 heavy (non-hydrogen) atoms. The zero-order valence-corrected chi connectivity index (χ0v) is 16.6. The maximum absolute atomic E-state index is 13.0. The molecule has 0 N–H and O–H groups in total. The predicted octanol–water partition coefficient (Wildman–Crippen LogP) is 6.25. The summed E-state index contributed by atoms with van der Waals surface area (Å²) >= 11 is 3.40. The van der Waals surface area contributed by atoms with Gasteiger partial charge in [-0.2, -0.15) is 0 Å². The topological polar surface area (TPSA) is 39.4 Å². The smallest absolute Gasteiger partial charge is 0.200 e. The Hall–Kier alpha value is -2.92. The highest BCUT2D eigenvalue weighted by Crippen LogP contribution is 2.27. The zero-order chi connectivity index (χ0) is 19.7. The number of hydrogen-bond acceptors (Lipinski definition) is 3. The molecule has 4 rings (SSSR count). The standard InChI is InChI=1S/C23H16BrFO3/c1-14-22(16-4-6-17(24)7-5-16)23(26)20-11-10-19(12-21(20)28-14)27-13-15-2-8-18(25)9-3-15/h2-12H,13H2,1H3. The first kappa shape index (κ1) is 18.4. The molecule has 0 unspecified atom stereocenters. The molecule has 0 atom stereocenters. The fraction of sp³-hybridized carbons (Fsp3) is 0.0870. The molecule has 0 aliphatic heterocycles. The van der Waals surface area contributed by atoms with Crippen molar-refractivity contribution in [3.05, 3.63) is 98.6 Å². The van der Waals surface area contributed by atoms with E-state index in [1.807, 2.05) is 24.3 Å². The van der Waals surface area contributed by atoms with Crippen molar-refractivity contribution >= 4 is 26.9 Å². The van der Waals surface area contributed by atoms with Crippen LogP contribution in [0.1, 0.15) is 11.3 Å². The second-order valence-corrected chi connectivity index (χ2v) is 7.36. The third-order valence-corrected chi connectivity index (χ3v) is 5.02. The number of ether oxygens (including phenoxy) is 1. The lowest BCUT2D eigenvalue weighted by molar-refractivity contribution is 0.306. The minimum Gasteiger partial charge on any atom is -0.489 e. The summed E-state index contributed by atoms with van der Waals surface area (Å²) in [6, 6.07) is 18.8. The lowest BCUT2D eigenvalue weighted by Gasteiger charge is -2.10. The molecule has 0 bridgehead atoms. The lowest BCUT2D eigenvalue weighted by Crippen LogP contribution is -2.07. The van der Waals surface area contributed by atoms with E-state index in [1.165, 1.54) is 12.1 Å². The normalized spacial score (nSPS) is 11.0. The number of fused-ring (bicyclic) bond motifs is 1. The summed E-state index contributed by atoms with van der Waals surface area (Å²) in [5, 5.41) is 0.498. The Morgan fingerprint density at radius 3 is 2.43 bits per heavy atom. The summed E-state index contributed by atoms with van der Waals surface area (Å²) in [6.07, 6.45) is 0. The van der Waals surface area contributed by atoms with Gasteiger partial charge >= 0.3 is 0 Å². The third kappa shape index (κ3) is 3.71. The highest BCUT2D eigenvalue weighted by atomic mass is 79.9. The Balaban J connectivity index is 1.67. The summed E-state index contributed by atoms with van der Waals surface area (Å²) in [6.45, 7) is 2.08. The van der Waals surface area contributed by atoms with Crippen LogP contribution in [0, 0.1) is 12.7 Å². The number of rotatable bonds is 4. The van der Waals surface area contributed by atoms with Gasteiger partial charge in [-0.15, -0.1) is 0 Å². The monoisotopic (exact) mass is 438 g/mol. The minimum absolute atomic E-state index is 0.0776. The SMILES string of the molecule is Cc1oc2cc(OCc3ccc(F)cc3)ccc2c(=O)c1-c1ccc(Br)cc1. The first-order chi connectivity index (χ1) is 13.5. The van der Waals surface area contributed by atoms with Gasteiger partial charge in [-0.05, 0) is 54.4 Å². The van der Waals surface area contributed by atoms with Crippen molar-refractivity contribution in [1.82, 2.24) is 0 Å². The highest BCUT2D eigenvalue weighted by molar-refractivity contribution is 9.10. The van der Waals surface area contributed by atoms with Crippen LogP contribution in [0.3, 0.4) is 0 Å². The molecule has 3 aromatic carbocycles. The molecule has 1 aromatic heterocycles. The van der Waals surface area contributed by atoms with Gasteiger partial charge < -0.3 is 9.15 Å². The Bertz CT molecular complexity index is 1200. The summed E-state index contributed by atoms with van der Waals surface area (Å²) in [5.41, 5.74) is 2.61. The van der Waals surface area contributed by atoms with Gasteiger partial charge in [-0.25, -0.2) is 4.39 Å². The van der Waals surface area contributed by atoms with E-state index in [0.29, 0.717) is 34.6 Å². The number of aryl methyl sites for hydroxylation is 1. The molecule has 5 heteroatoms. The Labute approximate surface area is 169 Å². The van der Waals surface area contributed by atoms with Crippen molar-refractivity contribution in [1.29, 1.82) is 0 Å². The van der Waals surface area contributed by atoms with E-state index in [1.54, 1.807) is 37.3 Å². The van der Waals surface area contributed by atoms with E-state index < -0.39 is 0 Å². The maximum atomic E-state index is 13.0. The van der Waals surface area contributed by atoms with Crippen molar-refractivity contribution in [2.24, 2.45) is 0 Å². The van der Waals surface area contributed by atoms with Crippen LogP contribution < -0.4 is 10.2 Å². The first-order valence-corrected chi connectivity index (χ1v) is 9.51. The first-order valence-electron chi connectivity index (χ1n) is 8.72. The molecule has 0 saturated carbocycles. The Kier molecular flexibility index (Phi) is 5.01. The summed E-state index contributed by atoms with van der Waals surface area (Å²) in [7, 11) is 0. The summed E-state index contributed by atoms with van der Waals surface area (Å²) < 4.78 is 25.6. The molecule has 4 aromatic rings. The van der Waals surface area contributed by atoms with Crippen LogP contribution in [-0.4, -0.2) is 0 Å². The van der Waals surface area contributed by atoms with Crippen molar-refractivity contribution in [3.8, 4) is 16.9 Å². The average Bonchev–Trinajstić information content (AvgIpc) is 2.69. The molecular weight excluding hydrogens is 423 g/mol. The van der Waals surface area contributed by atoms with Gasteiger partial charge in [0.25, 0.3) is 0 Å². The Morgan fingerprint density at radius 2 is 1.71 bits per heavy atom. The lowest BCUT2D eigenvalue weighted by atomic mass is 10.0. The van der Waals surface area contributed by atoms with E-state index in [9.17, 15) is 9.18 Å². The van der Waals surface area contributed by atoms with Crippen LogP contribution in [-0.2, 0) is 6.61 Å². The van der Waals surface area contributed by atoms with Gasteiger partial charge in [0.2, 0.25) is 5.43 Å². The fourth-order valence-corrected chi connectivity index (χ4v) is 3.34. The van der Waals surface area contributed by atoms with Crippen molar-refractivity contribution in [2.75, 3.05) is 0 Å². The van der Waals surface area contributed by atoms with Crippen molar-refractivity contribution in [3.63, 3.8) is 0 Å². The van der Waals surface area contributed by atoms with Crippen molar-refractivity contribution < 1.29 is 13.5 Å². The van der Waals surface area contributed by atoms with Crippen LogP contribution in [0.15, 0.2) is 80.4 Å². The van der Waals surface area contributed by atoms with Crippen LogP contribution in [0.4, 0.5) is 4.39 Å². The van der Waals surface area contributed by atoms with Crippen molar-refractivity contribution in [2.45, 2.75) is 13.5 Å². The second-order valence-electron chi connectivity index (χ2n) is 6.44. The van der Waals surface area contributed by atoms with Gasteiger partial charge in [0.05, 0.1) is 10.9 Å². The fourth-order valence-electron chi connectivity index (χ4n) is 3.07. The van der Waals surface area contributed by atoms with Gasteiger partial charge in [-0.1, -0.05) is 40.2 Å². The minimum atomic E-state index is -0.284. The second kappa shape index (κ2) is 7.60. The van der Waals surface area contributed by atoms with Crippen LogP contribution in [0.25, 0.3) is 22.1 Å². The van der Waals surface area contributed by atoms with Gasteiger partial charge in [0.1, 0.15) is 29.5 Å². The number of hydrogen-bond donors (Lipinski definition) is 0. The summed E-state index contributed by atoms with van der Waals surface area (Å²) in [5.74, 6) is 0.847. The quantitative estimate of drug-likeness (QED) is 0.378. The molecule has 0 spiro atoms.